The van der Waals surface area contributed by atoms with E-state index in [1.165, 1.54) is 0 Å². The topological polar surface area (TPSA) is 75.6 Å². The molecule has 0 unspecified atom stereocenters. The number of halogens is 1. The highest BCUT2D eigenvalue weighted by atomic mass is 35.5. The molecule has 1 aliphatic rings. The standard InChI is InChI=1S/C14H16ClNO4/c15-9-3-5-10(6-4-9)16-13(17)8-11(14(18)19)12-2-1-7-20-12/h3-6,11-12H,1-2,7-8H2,(H,16,17)(H,18,19)/t11-,12-/m0/s1. The van der Waals surface area contributed by atoms with E-state index in [-0.39, 0.29) is 18.4 Å². The number of carboxylic acid groups (broad SMARTS) is 1. The third-order valence-corrected chi connectivity index (χ3v) is 3.52. The van der Waals surface area contributed by atoms with Crippen molar-refractivity contribution in [3.8, 4) is 0 Å². The zero-order valence-electron chi connectivity index (χ0n) is 10.8. The van der Waals surface area contributed by atoms with Crippen LogP contribution in [0.1, 0.15) is 19.3 Å². The molecule has 1 fully saturated rings. The van der Waals surface area contributed by atoms with Crippen molar-refractivity contribution in [3.05, 3.63) is 29.3 Å². The highest BCUT2D eigenvalue weighted by Gasteiger charge is 2.33. The van der Waals surface area contributed by atoms with E-state index < -0.39 is 11.9 Å². The Balaban J connectivity index is 1.94. The lowest BCUT2D eigenvalue weighted by molar-refractivity contribution is -0.148. The van der Waals surface area contributed by atoms with Gasteiger partial charge in [-0.1, -0.05) is 11.6 Å². The fourth-order valence-electron chi connectivity index (χ4n) is 2.24. The molecule has 1 aromatic rings. The Morgan fingerprint density at radius 2 is 2.10 bits per heavy atom. The van der Waals surface area contributed by atoms with Crippen LogP contribution in [0.15, 0.2) is 24.3 Å². The first-order chi connectivity index (χ1) is 9.56. The van der Waals surface area contributed by atoms with E-state index in [0.29, 0.717) is 23.7 Å². The Morgan fingerprint density at radius 3 is 2.65 bits per heavy atom. The number of anilines is 1. The summed E-state index contributed by atoms with van der Waals surface area (Å²) in [5.74, 6) is -2.14. The molecule has 6 heteroatoms. The summed E-state index contributed by atoms with van der Waals surface area (Å²) in [6, 6.07) is 6.65. The summed E-state index contributed by atoms with van der Waals surface area (Å²) < 4.78 is 5.36. The monoisotopic (exact) mass is 297 g/mol. The van der Waals surface area contributed by atoms with Crippen molar-refractivity contribution in [2.24, 2.45) is 5.92 Å². The number of hydrogen-bond donors (Lipinski definition) is 2. The molecule has 1 aliphatic heterocycles. The maximum absolute atomic E-state index is 11.9. The van der Waals surface area contributed by atoms with Crippen LogP contribution in [0, 0.1) is 5.92 Å². The van der Waals surface area contributed by atoms with Gasteiger partial charge in [0.2, 0.25) is 5.91 Å². The SMILES string of the molecule is O=C(C[C@H](C(=O)O)[C@@H]1CCCO1)Nc1ccc(Cl)cc1. The molecule has 1 amide bonds. The molecule has 2 N–H and O–H groups in total. The predicted molar refractivity (Wildman–Crippen MR) is 74.8 cm³/mol. The van der Waals surface area contributed by atoms with E-state index >= 15 is 0 Å². The Labute approximate surface area is 121 Å². The number of carbonyl (C=O) groups is 2. The lowest BCUT2D eigenvalue weighted by Crippen LogP contribution is -2.31. The van der Waals surface area contributed by atoms with Crippen molar-refractivity contribution in [1.29, 1.82) is 0 Å². The van der Waals surface area contributed by atoms with Gasteiger partial charge in [0.25, 0.3) is 0 Å². The minimum Gasteiger partial charge on any atom is -0.481 e. The van der Waals surface area contributed by atoms with Crippen LogP contribution in [-0.2, 0) is 14.3 Å². The van der Waals surface area contributed by atoms with Gasteiger partial charge in [-0.15, -0.1) is 0 Å². The number of carbonyl (C=O) groups excluding carboxylic acids is 1. The minimum atomic E-state index is -0.997. The summed E-state index contributed by atoms with van der Waals surface area (Å²) in [6.07, 6.45) is 1.06. The van der Waals surface area contributed by atoms with E-state index in [4.69, 9.17) is 16.3 Å². The Bertz CT molecular complexity index is 482. The van der Waals surface area contributed by atoms with Gasteiger partial charge in [-0.05, 0) is 37.1 Å². The average Bonchev–Trinajstić information content (AvgIpc) is 2.92. The molecular formula is C14H16ClNO4. The quantitative estimate of drug-likeness (QED) is 0.876. The zero-order valence-corrected chi connectivity index (χ0v) is 11.6. The average molecular weight is 298 g/mol. The second-order valence-corrected chi connectivity index (χ2v) is 5.19. The first-order valence-corrected chi connectivity index (χ1v) is 6.84. The van der Waals surface area contributed by atoms with Crippen molar-refractivity contribution < 1.29 is 19.4 Å². The molecule has 2 rings (SSSR count). The summed E-state index contributed by atoms with van der Waals surface area (Å²) in [6.45, 7) is 0.563. The number of rotatable bonds is 5. The molecule has 0 aromatic heterocycles. The van der Waals surface area contributed by atoms with Gasteiger partial charge < -0.3 is 15.2 Å². The smallest absolute Gasteiger partial charge is 0.309 e. The normalized spacial score (nSPS) is 19.6. The van der Waals surface area contributed by atoms with Gasteiger partial charge in [-0.3, -0.25) is 9.59 Å². The molecule has 0 bridgehead atoms. The summed E-state index contributed by atoms with van der Waals surface area (Å²) >= 11 is 5.75. The van der Waals surface area contributed by atoms with Crippen molar-refractivity contribution >= 4 is 29.2 Å². The molecule has 0 saturated carbocycles. The van der Waals surface area contributed by atoms with Crippen LogP contribution < -0.4 is 5.32 Å². The highest BCUT2D eigenvalue weighted by molar-refractivity contribution is 6.30. The number of benzene rings is 1. The number of carboxylic acids is 1. The third kappa shape index (κ3) is 3.95. The van der Waals surface area contributed by atoms with E-state index in [1.54, 1.807) is 24.3 Å². The largest absolute Gasteiger partial charge is 0.481 e. The van der Waals surface area contributed by atoms with Gasteiger partial charge in [0, 0.05) is 23.7 Å². The fraction of sp³-hybridized carbons (Fsp3) is 0.429. The van der Waals surface area contributed by atoms with Crippen LogP contribution in [0.25, 0.3) is 0 Å². The lowest BCUT2D eigenvalue weighted by atomic mass is 9.96. The molecule has 0 aliphatic carbocycles. The number of hydrogen-bond acceptors (Lipinski definition) is 3. The molecule has 0 spiro atoms. The molecule has 1 heterocycles. The Hall–Kier alpha value is -1.59. The van der Waals surface area contributed by atoms with Crippen molar-refractivity contribution in [1.82, 2.24) is 0 Å². The van der Waals surface area contributed by atoms with Gasteiger partial charge in [0.15, 0.2) is 0 Å². The lowest BCUT2D eigenvalue weighted by Gasteiger charge is -2.18. The van der Waals surface area contributed by atoms with Crippen molar-refractivity contribution in [3.63, 3.8) is 0 Å². The Kier molecular flexibility index (Phi) is 4.98. The molecule has 5 nitrogen and oxygen atoms in total. The summed E-state index contributed by atoms with van der Waals surface area (Å²) in [5, 5.41) is 12.4. The van der Waals surface area contributed by atoms with Crippen molar-refractivity contribution in [2.75, 3.05) is 11.9 Å². The molecule has 1 aromatic carbocycles. The molecule has 1 saturated heterocycles. The predicted octanol–water partition coefficient (Wildman–Crippen LogP) is 2.55. The van der Waals surface area contributed by atoms with E-state index in [1.807, 2.05) is 0 Å². The first kappa shape index (κ1) is 14.8. The van der Waals surface area contributed by atoms with Crippen LogP contribution in [0.2, 0.25) is 5.02 Å². The first-order valence-electron chi connectivity index (χ1n) is 6.46. The maximum Gasteiger partial charge on any atom is 0.309 e. The summed E-state index contributed by atoms with van der Waals surface area (Å²) in [4.78, 5) is 23.1. The second kappa shape index (κ2) is 6.72. The summed E-state index contributed by atoms with van der Waals surface area (Å²) in [7, 11) is 0. The number of amides is 1. The van der Waals surface area contributed by atoms with Gasteiger partial charge in [0.05, 0.1) is 12.0 Å². The number of aliphatic carboxylic acids is 1. The molecule has 108 valence electrons. The Morgan fingerprint density at radius 1 is 1.40 bits per heavy atom. The fourth-order valence-corrected chi connectivity index (χ4v) is 2.37. The molecular weight excluding hydrogens is 282 g/mol. The van der Waals surface area contributed by atoms with Crippen LogP contribution in [0.5, 0.6) is 0 Å². The third-order valence-electron chi connectivity index (χ3n) is 3.26. The van der Waals surface area contributed by atoms with Gasteiger partial charge >= 0.3 is 5.97 Å². The van der Waals surface area contributed by atoms with Crippen LogP contribution >= 0.6 is 11.6 Å². The molecule has 0 radical (unpaired) electrons. The van der Waals surface area contributed by atoms with Crippen LogP contribution in [0.3, 0.4) is 0 Å². The van der Waals surface area contributed by atoms with Crippen LogP contribution in [-0.4, -0.2) is 29.7 Å². The summed E-state index contributed by atoms with van der Waals surface area (Å²) in [5.41, 5.74) is 0.593. The van der Waals surface area contributed by atoms with E-state index in [0.717, 1.165) is 6.42 Å². The highest BCUT2D eigenvalue weighted by Crippen LogP contribution is 2.24. The van der Waals surface area contributed by atoms with Gasteiger partial charge in [-0.2, -0.15) is 0 Å². The van der Waals surface area contributed by atoms with E-state index in [2.05, 4.69) is 5.32 Å². The minimum absolute atomic E-state index is 0.0946. The van der Waals surface area contributed by atoms with Crippen molar-refractivity contribution in [2.45, 2.75) is 25.4 Å². The number of nitrogens with one attached hydrogen (secondary N) is 1. The van der Waals surface area contributed by atoms with Crippen LogP contribution in [0.4, 0.5) is 5.69 Å². The van der Waals surface area contributed by atoms with Gasteiger partial charge in [0.1, 0.15) is 0 Å². The zero-order chi connectivity index (χ0) is 14.5. The van der Waals surface area contributed by atoms with E-state index in [9.17, 15) is 14.7 Å². The van der Waals surface area contributed by atoms with Gasteiger partial charge in [-0.25, -0.2) is 0 Å². The molecule has 20 heavy (non-hydrogen) atoms. The maximum atomic E-state index is 11.9. The molecule has 2 atom stereocenters. The number of ether oxygens (including phenoxy) is 1. The second-order valence-electron chi connectivity index (χ2n) is 4.76.